The molecule has 2 aliphatic rings. The Morgan fingerprint density at radius 3 is 2.52 bits per heavy atom. The first-order valence-corrected chi connectivity index (χ1v) is 9.82. The summed E-state index contributed by atoms with van der Waals surface area (Å²) in [7, 11) is 1.44. The van der Waals surface area contributed by atoms with Crippen molar-refractivity contribution >= 4 is 17.1 Å². The number of halogens is 1. The minimum atomic E-state index is -0.254. The second-order valence-corrected chi connectivity index (χ2v) is 7.71. The van der Waals surface area contributed by atoms with Gasteiger partial charge in [-0.15, -0.1) is 0 Å². The summed E-state index contributed by atoms with van der Waals surface area (Å²) in [4.78, 5) is 16.0. The van der Waals surface area contributed by atoms with Gasteiger partial charge in [0.25, 0.3) is 0 Å². The van der Waals surface area contributed by atoms with E-state index in [0.29, 0.717) is 17.5 Å². The molecule has 4 rings (SSSR count). The highest BCUT2D eigenvalue weighted by Gasteiger charge is 2.31. The van der Waals surface area contributed by atoms with E-state index in [9.17, 15) is 9.18 Å². The molecule has 0 bridgehead atoms. The van der Waals surface area contributed by atoms with E-state index < -0.39 is 0 Å². The Morgan fingerprint density at radius 1 is 1.15 bits per heavy atom. The normalized spacial score (nSPS) is 20.3. The van der Waals surface area contributed by atoms with Gasteiger partial charge in [-0.2, -0.15) is 0 Å². The summed E-state index contributed by atoms with van der Waals surface area (Å²) in [6.07, 6.45) is 3.97. The molecule has 6 heteroatoms. The monoisotopic (exact) mass is 374 g/mol. The van der Waals surface area contributed by atoms with E-state index in [0.717, 1.165) is 63.0 Å². The topological polar surface area (TPSA) is 45.9 Å². The number of methoxy groups -OCH3 is 1. The van der Waals surface area contributed by atoms with E-state index in [-0.39, 0.29) is 11.9 Å². The number of benzene rings is 1. The van der Waals surface area contributed by atoms with Crippen LogP contribution in [0.5, 0.6) is 0 Å². The lowest BCUT2D eigenvalue weighted by Gasteiger charge is -2.41. The molecule has 2 aromatic rings. The third-order valence-corrected chi connectivity index (χ3v) is 6.23. The molecule has 27 heavy (non-hydrogen) atoms. The highest BCUT2D eigenvalue weighted by atomic mass is 19.1. The number of aryl methyl sites for hydroxylation is 1. The molecule has 0 aliphatic carbocycles. The van der Waals surface area contributed by atoms with Crippen molar-refractivity contribution in [2.45, 2.75) is 44.6 Å². The molecule has 2 fully saturated rings. The number of amides is 1. The summed E-state index contributed by atoms with van der Waals surface area (Å²) < 4.78 is 24.1. The molecule has 0 saturated carbocycles. The van der Waals surface area contributed by atoms with Crippen LogP contribution in [0, 0.1) is 12.7 Å². The molecule has 0 atom stereocenters. The van der Waals surface area contributed by atoms with E-state index >= 15 is 0 Å². The number of piperidine rings is 2. The average Bonchev–Trinajstić information content (AvgIpc) is 3.02. The molecule has 0 N–H and O–H groups in total. The molecular weight excluding hydrogens is 347 g/mol. The van der Waals surface area contributed by atoms with Gasteiger partial charge in [-0.3, -0.25) is 0 Å². The lowest BCUT2D eigenvalue weighted by atomic mass is 9.86. The lowest BCUT2D eigenvalue weighted by molar-refractivity contribution is 0.0734. The standard InChI is InChI=1S/C21H27FN2O3/c1-14-20(18-4-3-16(22)13-19(18)27-14)15-5-9-23(10-6-15)17-7-11-24(12-8-17)21(25)26-2/h3-4,13,15,17H,5-12H2,1-2H3. The van der Waals surface area contributed by atoms with Gasteiger partial charge in [-0.25, -0.2) is 9.18 Å². The molecule has 2 aliphatic heterocycles. The van der Waals surface area contributed by atoms with E-state index in [4.69, 9.17) is 9.15 Å². The van der Waals surface area contributed by atoms with Crippen LogP contribution < -0.4 is 0 Å². The minimum absolute atomic E-state index is 0.217. The van der Waals surface area contributed by atoms with Gasteiger partial charge in [0, 0.05) is 36.1 Å². The van der Waals surface area contributed by atoms with Crippen LogP contribution in [0.2, 0.25) is 0 Å². The zero-order valence-electron chi connectivity index (χ0n) is 16.0. The van der Waals surface area contributed by atoms with E-state index in [2.05, 4.69) is 4.90 Å². The van der Waals surface area contributed by atoms with Crippen LogP contribution in [0.3, 0.4) is 0 Å². The Balaban J connectivity index is 1.39. The molecule has 5 nitrogen and oxygen atoms in total. The second-order valence-electron chi connectivity index (χ2n) is 7.71. The third kappa shape index (κ3) is 3.55. The van der Waals surface area contributed by atoms with Crippen LogP contribution in [0.1, 0.15) is 42.9 Å². The summed E-state index contributed by atoms with van der Waals surface area (Å²) in [5.74, 6) is 1.12. The molecule has 0 spiro atoms. The zero-order valence-corrected chi connectivity index (χ0v) is 16.0. The molecule has 146 valence electrons. The maximum absolute atomic E-state index is 13.5. The number of carbonyl (C=O) groups excluding carboxylic acids is 1. The van der Waals surface area contributed by atoms with Crippen LogP contribution in [-0.4, -0.2) is 55.2 Å². The molecule has 1 aromatic heterocycles. The number of fused-ring (bicyclic) bond motifs is 1. The highest BCUT2D eigenvalue weighted by molar-refractivity contribution is 5.83. The van der Waals surface area contributed by atoms with Gasteiger partial charge in [0.2, 0.25) is 0 Å². The number of rotatable bonds is 2. The Labute approximate surface area is 159 Å². The smallest absolute Gasteiger partial charge is 0.409 e. The second kappa shape index (κ2) is 7.50. The number of carbonyl (C=O) groups is 1. The molecule has 0 unspecified atom stereocenters. The molecule has 3 heterocycles. The van der Waals surface area contributed by atoms with Gasteiger partial charge in [-0.1, -0.05) is 0 Å². The minimum Gasteiger partial charge on any atom is -0.461 e. The van der Waals surface area contributed by atoms with Crippen molar-refractivity contribution in [1.82, 2.24) is 9.80 Å². The van der Waals surface area contributed by atoms with Crippen molar-refractivity contribution in [2.75, 3.05) is 33.3 Å². The number of furan rings is 1. The van der Waals surface area contributed by atoms with Crippen LogP contribution in [0.15, 0.2) is 22.6 Å². The maximum Gasteiger partial charge on any atom is 0.409 e. The van der Waals surface area contributed by atoms with Crippen LogP contribution in [0.25, 0.3) is 11.0 Å². The maximum atomic E-state index is 13.5. The Bertz CT molecular complexity index is 818. The predicted molar refractivity (Wildman–Crippen MR) is 101 cm³/mol. The Kier molecular flexibility index (Phi) is 5.08. The SMILES string of the molecule is COC(=O)N1CCC(N2CCC(c3c(C)oc4cc(F)ccc34)CC2)CC1. The first kappa shape index (κ1) is 18.3. The number of likely N-dealkylation sites (tertiary alicyclic amines) is 2. The van der Waals surface area contributed by atoms with E-state index in [1.165, 1.54) is 24.8 Å². The van der Waals surface area contributed by atoms with E-state index in [1.54, 1.807) is 4.90 Å². The van der Waals surface area contributed by atoms with E-state index in [1.807, 2.05) is 13.0 Å². The molecule has 1 amide bonds. The molecular formula is C21H27FN2O3. The summed E-state index contributed by atoms with van der Waals surface area (Å²) in [6, 6.07) is 5.40. The van der Waals surface area contributed by atoms with Gasteiger partial charge < -0.3 is 19.0 Å². The lowest BCUT2D eigenvalue weighted by Crippen LogP contribution is -2.48. The average molecular weight is 374 g/mol. The first-order chi connectivity index (χ1) is 13.1. The van der Waals surface area contributed by atoms with Gasteiger partial charge >= 0.3 is 6.09 Å². The quantitative estimate of drug-likeness (QED) is 0.787. The summed E-state index contributed by atoms with van der Waals surface area (Å²) >= 11 is 0. The number of hydrogen-bond acceptors (Lipinski definition) is 4. The van der Waals surface area contributed by atoms with Crippen LogP contribution in [0.4, 0.5) is 9.18 Å². The molecule has 2 saturated heterocycles. The summed E-state index contributed by atoms with van der Waals surface area (Å²) in [5, 5.41) is 1.05. The van der Waals surface area contributed by atoms with Crippen molar-refractivity contribution < 1.29 is 18.3 Å². The van der Waals surface area contributed by atoms with Crippen molar-refractivity contribution in [2.24, 2.45) is 0 Å². The summed E-state index contributed by atoms with van der Waals surface area (Å²) in [5.41, 5.74) is 1.91. The summed E-state index contributed by atoms with van der Waals surface area (Å²) in [6.45, 7) is 5.65. The Hall–Kier alpha value is -2.08. The van der Waals surface area contributed by atoms with Gasteiger partial charge in [0.05, 0.1) is 7.11 Å². The fourth-order valence-corrected chi connectivity index (χ4v) is 4.82. The Morgan fingerprint density at radius 2 is 1.85 bits per heavy atom. The third-order valence-electron chi connectivity index (χ3n) is 6.23. The van der Waals surface area contributed by atoms with Crippen LogP contribution in [-0.2, 0) is 4.74 Å². The van der Waals surface area contributed by atoms with Gasteiger partial charge in [0.1, 0.15) is 17.2 Å². The number of ether oxygens (including phenoxy) is 1. The predicted octanol–water partition coefficient (Wildman–Crippen LogP) is 4.29. The van der Waals surface area contributed by atoms with Crippen molar-refractivity contribution in [3.8, 4) is 0 Å². The van der Waals surface area contributed by atoms with Crippen molar-refractivity contribution in [3.63, 3.8) is 0 Å². The molecule has 1 aromatic carbocycles. The largest absolute Gasteiger partial charge is 0.461 e. The van der Waals surface area contributed by atoms with Gasteiger partial charge in [-0.05, 0) is 63.7 Å². The molecule has 0 radical (unpaired) electrons. The van der Waals surface area contributed by atoms with Crippen LogP contribution >= 0.6 is 0 Å². The fourth-order valence-electron chi connectivity index (χ4n) is 4.82. The first-order valence-electron chi connectivity index (χ1n) is 9.82. The number of nitrogens with zero attached hydrogens (tertiary/aromatic N) is 2. The van der Waals surface area contributed by atoms with Crippen molar-refractivity contribution in [3.05, 3.63) is 35.3 Å². The zero-order chi connectivity index (χ0) is 19.0. The fraction of sp³-hybridized carbons (Fsp3) is 0.571. The highest BCUT2D eigenvalue weighted by Crippen LogP contribution is 2.38. The van der Waals surface area contributed by atoms with Gasteiger partial charge in [0.15, 0.2) is 0 Å². The van der Waals surface area contributed by atoms with Crippen molar-refractivity contribution in [1.29, 1.82) is 0 Å². The number of hydrogen-bond donors (Lipinski definition) is 0.